The number of benzene rings is 9. The molecule has 2 heterocycles. The van der Waals surface area contributed by atoms with E-state index in [9.17, 15) is 0 Å². The van der Waals surface area contributed by atoms with Gasteiger partial charge >= 0.3 is 0 Å². The predicted octanol–water partition coefficient (Wildman–Crippen LogP) is 15.5. The summed E-state index contributed by atoms with van der Waals surface area (Å²) in [5, 5.41) is 4.87. The summed E-state index contributed by atoms with van der Waals surface area (Å²) in [5.74, 6) is 0.644. The number of aromatic nitrogens is 1. The van der Waals surface area contributed by atoms with E-state index >= 15 is 0 Å². The Morgan fingerprint density at radius 2 is 1.00 bits per heavy atom. The van der Waals surface area contributed by atoms with Crippen LogP contribution < -0.4 is 4.90 Å². The molecule has 0 aliphatic rings. The first-order valence-electron chi connectivity index (χ1n) is 19.2. The van der Waals surface area contributed by atoms with E-state index in [-0.39, 0.29) is 0 Å². The Bertz CT molecular complexity index is 3220. The highest BCUT2D eigenvalue weighted by atomic mass is 32.1. The molecule has 3 nitrogen and oxygen atoms in total. The van der Waals surface area contributed by atoms with E-state index in [1.54, 1.807) is 11.3 Å². The molecule has 0 unspecified atom stereocenters. The van der Waals surface area contributed by atoms with Gasteiger partial charge < -0.3 is 9.32 Å². The number of hydrogen-bond donors (Lipinski definition) is 0. The lowest BCUT2D eigenvalue weighted by Crippen LogP contribution is -2.10. The summed E-state index contributed by atoms with van der Waals surface area (Å²) in [6.45, 7) is 0. The summed E-state index contributed by atoms with van der Waals surface area (Å²) >= 11 is 1.79. The van der Waals surface area contributed by atoms with Gasteiger partial charge in [0.2, 0.25) is 5.89 Å². The van der Waals surface area contributed by atoms with Gasteiger partial charge in [-0.2, -0.15) is 0 Å². The molecule has 9 aromatic carbocycles. The molecule has 0 radical (unpaired) electrons. The number of nitrogens with zero attached hydrogens (tertiary/aromatic N) is 2. The molecule has 0 amide bonds. The van der Waals surface area contributed by atoms with Crippen LogP contribution in [0.1, 0.15) is 0 Å². The average molecular weight is 747 g/mol. The second kappa shape index (κ2) is 13.8. The van der Waals surface area contributed by atoms with Crippen LogP contribution in [-0.4, -0.2) is 4.98 Å². The molecule has 0 N–H and O–H groups in total. The number of hydrogen-bond acceptors (Lipinski definition) is 4. The maximum absolute atomic E-state index is 6.28. The molecule has 0 bridgehead atoms. The van der Waals surface area contributed by atoms with Gasteiger partial charge in [-0.3, -0.25) is 0 Å². The average Bonchev–Trinajstić information content (AvgIpc) is 3.87. The molecule has 0 fully saturated rings. The van der Waals surface area contributed by atoms with E-state index in [2.05, 4.69) is 181 Å². The first-order valence-corrected chi connectivity index (χ1v) is 20.0. The van der Waals surface area contributed by atoms with Crippen molar-refractivity contribution in [1.82, 2.24) is 4.98 Å². The zero-order chi connectivity index (χ0) is 37.7. The zero-order valence-corrected chi connectivity index (χ0v) is 31.7. The third-order valence-corrected chi connectivity index (χ3v) is 12.0. The third-order valence-electron chi connectivity index (χ3n) is 10.9. The Morgan fingerprint density at radius 3 is 1.79 bits per heavy atom. The van der Waals surface area contributed by atoms with Crippen molar-refractivity contribution < 1.29 is 4.42 Å². The molecule has 2 aromatic heterocycles. The van der Waals surface area contributed by atoms with E-state index in [0.717, 1.165) is 33.7 Å². The van der Waals surface area contributed by atoms with Crippen molar-refractivity contribution in [2.75, 3.05) is 4.90 Å². The fraction of sp³-hybridized carbons (Fsp3) is 0. The Kier molecular flexibility index (Phi) is 8.01. The summed E-state index contributed by atoms with van der Waals surface area (Å²) in [5.41, 5.74) is 13.1. The van der Waals surface area contributed by atoms with E-state index in [0.29, 0.717) is 5.89 Å². The van der Waals surface area contributed by atoms with Gasteiger partial charge in [0.25, 0.3) is 0 Å². The standard InChI is InChI=1S/C53H34N2OS/c1-4-13-35(14-5-1)36-23-25-40(26-24-36)55(41-27-29-45(47(31-41)38-15-6-2-7-16-38)44-22-12-20-37-17-10-11-21-43(37)44)42-28-30-46-48-33-49-50(34-52(48)57-51(46)32-42)56-53(54-49)39-18-8-3-9-19-39/h1-34H. The number of rotatable bonds is 7. The Hall–Kier alpha value is -7.27. The van der Waals surface area contributed by atoms with Gasteiger partial charge in [0, 0.05) is 48.9 Å². The van der Waals surface area contributed by atoms with Crippen molar-refractivity contribution in [2.24, 2.45) is 0 Å². The lowest BCUT2D eigenvalue weighted by Gasteiger charge is -2.27. The second-order valence-electron chi connectivity index (χ2n) is 14.4. The highest BCUT2D eigenvalue weighted by Gasteiger charge is 2.20. The van der Waals surface area contributed by atoms with E-state index < -0.39 is 0 Å². The van der Waals surface area contributed by atoms with Crippen molar-refractivity contribution in [3.05, 3.63) is 206 Å². The minimum Gasteiger partial charge on any atom is -0.436 e. The van der Waals surface area contributed by atoms with Gasteiger partial charge in [0.15, 0.2) is 5.58 Å². The monoisotopic (exact) mass is 746 g/mol. The van der Waals surface area contributed by atoms with Crippen molar-refractivity contribution in [1.29, 1.82) is 0 Å². The molecule has 0 saturated carbocycles. The Balaban J connectivity index is 1.08. The third kappa shape index (κ3) is 5.95. The molecule has 268 valence electrons. The quantitative estimate of drug-likeness (QED) is 0.163. The SMILES string of the molecule is c1ccc(-c2ccc(N(c3ccc(-c4cccc5ccccc45)c(-c4ccccc4)c3)c3ccc4c(c3)sc3cc5oc(-c6ccccc6)nc5cc34)cc2)cc1. The van der Waals surface area contributed by atoms with Crippen LogP contribution in [0, 0.1) is 0 Å². The molecule has 4 heteroatoms. The van der Waals surface area contributed by atoms with Gasteiger partial charge in [-0.15, -0.1) is 11.3 Å². The highest BCUT2D eigenvalue weighted by Crippen LogP contribution is 2.45. The van der Waals surface area contributed by atoms with Crippen LogP contribution in [0.25, 0.3) is 86.9 Å². The lowest BCUT2D eigenvalue weighted by molar-refractivity contribution is 0.620. The number of anilines is 3. The number of thiophene rings is 1. The first-order chi connectivity index (χ1) is 28.2. The topological polar surface area (TPSA) is 29.3 Å². The molecule has 0 saturated heterocycles. The van der Waals surface area contributed by atoms with E-state index in [4.69, 9.17) is 9.40 Å². The van der Waals surface area contributed by atoms with Crippen molar-refractivity contribution in [3.63, 3.8) is 0 Å². The smallest absolute Gasteiger partial charge is 0.227 e. The zero-order valence-electron chi connectivity index (χ0n) is 30.8. The van der Waals surface area contributed by atoms with E-state index in [1.165, 1.54) is 64.3 Å². The minimum absolute atomic E-state index is 0.644. The number of oxazole rings is 1. The fourth-order valence-electron chi connectivity index (χ4n) is 8.13. The largest absolute Gasteiger partial charge is 0.436 e. The molecular weight excluding hydrogens is 713 g/mol. The fourth-order valence-corrected chi connectivity index (χ4v) is 9.28. The van der Waals surface area contributed by atoms with Crippen LogP contribution in [-0.2, 0) is 0 Å². The molecule has 11 rings (SSSR count). The Labute approximate surface area is 334 Å². The van der Waals surface area contributed by atoms with Crippen molar-refractivity contribution >= 4 is 70.4 Å². The predicted molar refractivity (Wildman–Crippen MR) is 241 cm³/mol. The molecule has 0 spiro atoms. The molecule has 0 aliphatic carbocycles. The molecular formula is C53H34N2OS. The van der Waals surface area contributed by atoms with E-state index in [1.807, 2.05) is 30.3 Å². The maximum Gasteiger partial charge on any atom is 0.227 e. The summed E-state index contributed by atoms with van der Waals surface area (Å²) in [6.07, 6.45) is 0. The Morgan fingerprint density at radius 1 is 0.386 bits per heavy atom. The van der Waals surface area contributed by atoms with Crippen LogP contribution in [0.4, 0.5) is 17.1 Å². The van der Waals surface area contributed by atoms with Crippen molar-refractivity contribution in [2.45, 2.75) is 0 Å². The molecule has 0 atom stereocenters. The summed E-state index contributed by atoms with van der Waals surface area (Å²) < 4.78 is 8.66. The first kappa shape index (κ1) is 33.1. The van der Waals surface area contributed by atoms with Gasteiger partial charge in [-0.1, -0.05) is 146 Å². The normalized spacial score (nSPS) is 11.5. The minimum atomic E-state index is 0.644. The van der Waals surface area contributed by atoms with Gasteiger partial charge in [-0.25, -0.2) is 4.98 Å². The lowest BCUT2D eigenvalue weighted by atomic mass is 9.90. The van der Waals surface area contributed by atoms with Gasteiger partial charge in [-0.05, 0) is 98.8 Å². The van der Waals surface area contributed by atoms with Gasteiger partial charge in [0.05, 0.1) is 0 Å². The summed E-state index contributed by atoms with van der Waals surface area (Å²) in [4.78, 5) is 7.27. The highest BCUT2D eigenvalue weighted by molar-refractivity contribution is 7.25. The summed E-state index contributed by atoms with van der Waals surface area (Å²) in [7, 11) is 0. The van der Waals surface area contributed by atoms with Crippen LogP contribution in [0.15, 0.2) is 211 Å². The van der Waals surface area contributed by atoms with Crippen LogP contribution >= 0.6 is 11.3 Å². The summed E-state index contributed by atoms with van der Waals surface area (Å²) in [6, 6.07) is 73.7. The molecule has 57 heavy (non-hydrogen) atoms. The molecule has 11 aromatic rings. The van der Waals surface area contributed by atoms with Crippen LogP contribution in [0.3, 0.4) is 0 Å². The maximum atomic E-state index is 6.28. The molecule has 0 aliphatic heterocycles. The van der Waals surface area contributed by atoms with Crippen molar-refractivity contribution in [3.8, 4) is 44.8 Å². The van der Waals surface area contributed by atoms with Gasteiger partial charge in [0.1, 0.15) is 5.52 Å². The number of fused-ring (bicyclic) bond motifs is 5. The van der Waals surface area contributed by atoms with Crippen LogP contribution in [0.5, 0.6) is 0 Å². The second-order valence-corrected chi connectivity index (χ2v) is 15.4. The van der Waals surface area contributed by atoms with Crippen LogP contribution in [0.2, 0.25) is 0 Å².